The molecule has 1 N–H and O–H groups in total. The Labute approximate surface area is 146 Å². The van der Waals surface area contributed by atoms with Gasteiger partial charge in [-0.1, -0.05) is 45.1 Å². The van der Waals surface area contributed by atoms with Crippen LogP contribution in [0.3, 0.4) is 0 Å². The molecule has 0 unspecified atom stereocenters. The summed E-state index contributed by atoms with van der Waals surface area (Å²) >= 11 is 6.71. The van der Waals surface area contributed by atoms with E-state index in [9.17, 15) is 0 Å². The second kappa shape index (κ2) is 8.40. The maximum absolute atomic E-state index is 5.33. The number of thioether (sulfide) groups is 1. The van der Waals surface area contributed by atoms with Crippen LogP contribution < -0.4 is 14.8 Å². The predicted molar refractivity (Wildman–Crippen MR) is 95.4 cm³/mol. The summed E-state index contributed by atoms with van der Waals surface area (Å²) in [5.74, 6) is 2.18. The standard InChI is InChI=1S/C14H16BrN3O2S2/c1-4-5-16-13-17-18-14(22-13)21-8-9-6-11(19-2)12(20-3)7-10(9)15/h4,6-7H,1,5,8H2,2-3H3,(H,16,17). The molecule has 1 aromatic heterocycles. The van der Waals surface area contributed by atoms with E-state index < -0.39 is 0 Å². The van der Waals surface area contributed by atoms with Gasteiger partial charge in [0.15, 0.2) is 15.8 Å². The summed E-state index contributed by atoms with van der Waals surface area (Å²) in [4.78, 5) is 0. The summed E-state index contributed by atoms with van der Waals surface area (Å²) in [6.45, 7) is 4.34. The second-order valence-electron chi connectivity index (χ2n) is 4.13. The molecule has 0 fully saturated rings. The molecule has 0 saturated carbocycles. The molecular weight excluding hydrogens is 386 g/mol. The summed E-state index contributed by atoms with van der Waals surface area (Å²) in [6, 6.07) is 3.87. The van der Waals surface area contributed by atoms with Crippen LogP contribution in [0, 0.1) is 0 Å². The average molecular weight is 402 g/mol. The molecule has 0 bridgehead atoms. The van der Waals surface area contributed by atoms with Crippen molar-refractivity contribution in [1.29, 1.82) is 0 Å². The average Bonchev–Trinajstić information content (AvgIpc) is 2.99. The summed E-state index contributed by atoms with van der Waals surface area (Å²) in [5, 5.41) is 12.2. The Balaban J connectivity index is 2.04. The van der Waals surface area contributed by atoms with E-state index >= 15 is 0 Å². The molecule has 1 heterocycles. The largest absolute Gasteiger partial charge is 0.493 e. The fourth-order valence-electron chi connectivity index (χ4n) is 1.65. The molecule has 8 heteroatoms. The minimum atomic E-state index is 0.681. The van der Waals surface area contributed by atoms with Crippen LogP contribution in [-0.2, 0) is 5.75 Å². The Kier molecular flexibility index (Phi) is 6.53. The summed E-state index contributed by atoms with van der Waals surface area (Å²) < 4.78 is 12.5. The van der Waals surface area contributed by atoms with Gasteiger partial charge in [-0.05, 0) is 17.7 Å². The van der Waals surface area contributed by atoms with Crippen LogP contribution in [0.15, 0.2) is 33.6 Å². The quantitative estimate of drug-likeness (QED) is 0.528. The zero-order valence-electron chi connectivity index (χ0n) is 12.3. The first kappa shape index (κ1) is 17.1. The summed E-state index contributed by atoms with van der Waals surface area (Å²) in [7, 11) is 3.25. The highest BCUT2D eigenvalue weighted by Crippen LogP contribution is 2.36. The van der Waals surface area contributed by atoms with Gasteiger partial charge >= 0.3 is 0 Å². The number of hydrogen-bond acceptors (Lipinski definition) is 7. The molecule has 0 aliphatic carbocycles. The number of methoxy groups -OCH3 is 2. The first-order valence-electron chi connectivity index (χ1n) is 6.39. The molecule has 0 amide bonds. The Morgan fingerprint density at radius 1 is 1.32 bits per heavy atom. The third kappa shape index (κ3) is 4.37. The van der Waals surface area contributed by atoms with Crippen LogP contribution in [0.4, 0.5) is 5.13 Å². The Bertz CT molecular complexity index is 649. The van der Waals surface area contributed by atoms with Gasteiger partial charge in [0.25, 0.3) is 0 Å². The molecule has 0 aliphatic heterocycles. The van der Waals surface area contributed by atoms with Crippen molar-refractivity contribution >= 4 is 44.2 Å². The lowest BCUT2D eigenvalue weighted by Gasteiger charge is -2.11. The van der Waals surface area contributed by atoms with Crippen molar-refractivity contribution in [3.05, 3.63) is 34.8 Å². The van der Waals surface area contributed by atoms with E-state index in [1.54, 1.807) is 32.1 Å². The van der Waals surface area contributed by atoms with Crippen LogP contribution in [0.2, 0.25) is 0 Å². The first-order chi connectivity index (χ1) is 10.7. The molecule has 0 aliphatic rings. The van der Waals surface area contributed by atoms with E-state index in [4.69, 9.17) is 9.47 Å². The van der Waals surface area contributed by atoms with Gasteiger partial charge in [-0.15, -0.1) is 16.8 Å². The van der Waals surface area contributed by atoms with Crippen molar-refractivity contribution in [3.8, 4) is 11.5 Å². The minimum absolute atomic E-state index is 0.681. The van der Waals surface area contributed by atoms with Crippen molar-refractivity contribution in [3.63, 3.8) is 0 Å². The van der Waals surface area contributed by atoms with Crippen molar-refractivity contribution in [2.75, 3.05) is 26.1 Å². The topological polar surface area (TPSA) is 56.3 Å². The number of rotatable bonds is 8. The first-order valence-corrected chi connectivity index (χ1v) is 8.99. The maximum Gasteiger partial charge on any atom is 0.206 e. The highest BCUT2D eigenvalue weighted by atomic mass is 79.9. The highest BCUT2D eigenvalue weighted by molar-refractivity contribution is 9.10. The van der Waals surface area contributed by atoms with Crippen LogP contribution in [0.5, 0.6) is 11.5 Å². The highest BCUT2D eigenvalue weighted by Gasteiger charge is 2.11. The maximum atomic E-state index is 5.33. The van der Waals surface area contributed by atoms with Gasteiger partial charge in [-0.2, -0.15) is 0 Å². The van der Waals surface area contributed by atoms with Gasteiger partial charge in [0.2, 0.25) is 5.13 Å². The van der Waals surface area contributed by atoms with E-state index in [1.165, 1.54) is 11.3 Å². The predicted octanol–water partition coefficient (Wildman–Crippen LogP) is 4.21. The van der Waals surface area contributed by atoms with E-state index in [-0.39, 0.29) is 0 Å². The summed E-state index contributed by atoms with van der Waals surface area (Å²) in [5.41, 5.74) is 1.11. The Hall–Kier alpha value is -1.25. The Morgan fingerprint density at radius 3 is 2.73 bits per heavy atom. The number of benzene rings is 1. The van der Waals surface area contributed by atoms with Crippen molar-refractivity contribution < 1.29 is 9.47 Å². The number of aromatic nitrogens is 2. The third-order valence-electron chi connectivity index (χ3n) is 2.71. The summed E-state index contributed by atoms with van der Waals surface area (Å²) in [6.07, 6.45) is 1.79. The molecule has 2 aromatic rings. The van der Waals surface area contributed by atoms with E-state index in [0.717, 1.165) is 25.3 Å². The smallest absolute Gasteiger partial charge is 0.206 e. The zero-order chi connectivity index (χ0) is 15.9. The fourth-order valence-corrected chi connectivity index (χ4v) is 4.04. The minimum Gasteiger partial charge on any atom is -0.493 e. The lowest BCUT2D eigenvalue weighted by molar-refractivity contribution is 0.354. The van der Waals surface area contributed by atoms with Gasteiger partial charge in [0.1, 0.15) is 0 Å². The fraction of sp³-hybridized carbons (Fsp3) is 0.286. The third-order valence-corrected chi connectivity index (χ3v) is 5.51. The number of anilines is 1. The van der Waals surface area contributed by atoms with Crippen LogP contribution in [0.25, 0.3) is 0 Å². The number of ether oxygens (including phenoxy) is 2. The van der Waals surface area contributed by atoms with E-state index in [0.29, 0.717) is 18.0 Å². The molecule has 0 atom stereocenters. The van der Waals surface area contributed by atoms with Crippen LogP contribution in [-0.4, -0.2) is 31.0 Å². The Morgan fingerprint density at radius 2 is 2.05 bits per heavy atom. The molecular formula is C14H16BrN3O2S2. The van der Waals surface area contributed by atoms with Crippen LogP contribution in [0.1, 0.15) is 5.56 Å². The molecule has 2 rings (SSSR count). The van der Waals surface area contributed by atoms with E-state index in [1.807, 2.05) is 12.1 Å². The molecule has 118 valence electrons. The van der Waals surface area contributed by atoms with Gasteiger partial charge < -0.3 is 14.8 Å². The SMILES string of the molecule is C=CCNc1nnc(SCc2cc(OC)c(OC)cc2Br)s1. The van der Waals surface area contributed by atoms with Gasteiger partial charge in [0, 0.05) is 16.8 Å². The van der Waals surface area contributed by atoms with Crippen molar-refractivity contribution in [1.82, 2.24) is 10.2 Å². The molecule has 0 spiro atoms. The lowest BCUT2D eigenvalue weighted by Crippen LogP contribution is -1.96. The van der Waals surface area contributed by atoms with Crippen LogP contribution >= 0.6 is 39.0 Å². The lowest BCUT2D eigenvalue weighted by atomic mass is 10.2. The number of halogens is 1. The normalized spacial score (nSPS) is 10.3. The number of nitrogens with one attached hydrogen (secondary N) is 1. The van der Waals surface area contributed by atoms with Gasteiger partial charge in [0.05, 0.1) is 14.2 Å². The molecule has 22 heavy (non-hydrogen) atoms. The van der Waals surface area contributed by atoms with Crippen molar-refractivity contribution in [2.24, 2.45) is 0 Å². The number of nitrogens with zero attached hydrogens (tertiary/aromatic N) is 2. The van der Waals surface area contributed by atoms with Gasteiger partial charge in [-0.3, -0.25) is 0 Å². The van der Waals surface area contributed by atoms with Crippen molar-refractivity contribution in [2.45, 2.75) is 10.1 Å². The molecule has 0 radical (unpaired) electrons. The zero-order valence-corrected chi connectivity index (χ0v) is 15.5. The van der Waals surface area contributed by atoms with E-state index in [2.05, 4.69) is 38.0 Å². The second-order valence-corrected chi connectivity index (χ2v) is 7.18. The number of hydrogen-bond donors (Lipinski definition) is 1. The molecule has 0 saturated heterocycles. The molecule has 1 aromatic carbocycles. The monoisotopic (exact) mass is 401 g/mol. The molecule has 5 nitrogen and oxygen atoms in total. The van der Waals surface area contributed by atoms with Gasteiger partial charge in [-0.25, -0.2) is 0 Å².